The van der Waals surface area contributed by atoms with Gasteiger partial charge < -0.3 is 4.74 Å². The minimum absolute atomic E-state index is 0.106. The molecule has 3 rings (SSSR count). The molecule has 128 valence electrons. The zero-order valence-corrected chi connectivity index (χ0v) is 14.2. The number of H-pyrrole nitrogens is 1. The second-order valence-electron chi connectivity index (χ2n) is 6.27. The van der Waals surface area contributed by atoms with Crippen LogP contribution >= 0.6 is 0 Å². The molecule has 0 bridgehead atoms. The summed E-state index contributed by atoms with van der Waals surface area (Å²) >= 11 is 0. The van der Waals surface area contributed by atoms with E-state index in [4.69, 9.17) is 4.74 Å². The first-order valence-corrected chi connectivity index (χ1v) is 8.60. The van der Waals surface area contributed by atoms with Gasteiger partial charge in [0.2, 0.25) is 0 Å². The van der Waals surface area contributed by atoms with E-state index in [0.29, 0.717) is 24.2 Å². The number of aromatic nitrogens is 2. The molecule has 1 aliphatic carbocycles. The average molecular weight is 330 g/mol. The van der Waals surface area contributed by atoms with Gasteiger partial charge in [-0.1, -0.05) is 25.1 Å². The Morgan fingerprint density at radius 1 is 1.42 bits per heavy atom. The molecule has 0 radical (unpaired) electrons. The summed E-state index contributed by atoms with van der Waals surface area (Å²) < 4.78 is 19.8. The van der Waals surface area contributed by atoms with Crippen molar-refractivity contribution < 1.29 is 13.9 Å². The molecule has 1 aromatic carbocycles. The van der Waals surface area contributed by atoms with Crippen LogP contribution in [0, 0.1) is 5.82 Å². The van der Waals surface area contributed by atoms with E-state index in [0.717, 1.165) is 25.0 Å². The topological polar surface area (TPSA) is 55.0 Å². The molecule has 0 saturated carbocycles. The van der Waals surface area contributed by atoms with E-state index in [1.165, 1.54) is 11.3 Å². The highest BCUT2D eigenvalue weighted by atomic mass is 19.1. The molecule has 1 heterocycles. The summed E-state index contributed by atoms with van der Waals surface area (Å²) in [6.45, 7) is 4.11. The molecule has 0 fully saturated rings. The minimum atomic E-state index is -0.291. The van der Waals surface area contributed by atoms with Crippen molar-refractivity contribution in [2.75, 3.05) is 6.61 Å². The van der Waals surface area contributed by atoms with Crippen molar-refractivity contribution in [1.29, 1.82) is 0 Å². The molecule has 1 unspecified atom stereocenters. The second kappa shape index (κ2) is 7.16. The maximum Gasteiger partial charge on any atom is 0.306 e. The Labute approximate surface area is 141 Å². The standard InChI is InChI=1S/C19H23FN2O2/c1-3-24-17(23)11-10-13-6-4-7-14(18(13)20)12(2)19-15-8-5-9-16(15)21-22-19/h4,6-7,12H,3,5,8-11H2,1-2H3,(H,21,22). The molecule has 24 heavy (non-hydrogen) atoms. The Hall–Kier alpha value is -2.17. The summed E-state index contributed by atoms with van der Waals surface area (Å²) in [5.74, 6) is -0.629. The SMILES string of the molecule is CCOC(=O)CCc1cccc(C(C)c2n[nH]c3c2CCC3)c1F. The first-order valence-electron chi connectivity index (χ1n) is 8.60. The normalized spacial score (nSPS) is 14.5. The predicted molar refractivity (Wildman–Crippen MR) is 89.5 cm³/mol. The maximum atomic E-state index is 14.9. The molecule has 0 spiro atoms. The number of hydrogen-bond acceptors (Lipinski definition) is 3. The number of aryl methyl sites for hydroxylation is 2. The van der Waals surface area contributed by atoms with Crippen LogP contribution in [0.1, 0.15) is 60.7 Å². The van der Waals surface area contributed by atoms with Crippen LogP contribution in [0.25, 0.3) is 0 Å². The maximum absolute atomic E-state index is 14.9. The van der Waals surface area contributed by atoms with E-state index in [2.05, 4.69) is 10.2 Å². The molecule has 4 nitrogen and oxygen atoms in total. The molecular formula is C19H23FN2O2. The number of fused-ring (bicyclic) bond motifs is 1. The van der Waals surface area contributed by atoms with Crippen LogP contribution in [0.4, 0.5) is 4.39 Å². The molecule has 5 heteroatoms. The van der Waals surface area contributed by atoms with E-state index >= 15 is 0 Å². The number of hydrogen-bond donors (Lipinski definition) is 1. The molecule has 2 aromatic rings. The number of esters is 1. The molecule has 1 aromatic heterocycles. The summed E-state index contributed by atoms with van der Waals surface area (Å²) in [4.78, 5) is 11.5. The van der Waals surface area contributed by atoms with Gasteiger partial charge in [0.05, 0.1) is 12.3 Å². The Morgan fingerprint density at radius 2 is 2.25 bits per heavy atom. The zero-order valence-electron chi connectivity index (χ0n) is 14.2. The van der Waals surface area contributed by atoms with Crippen molar-refractivity contribution in [1.82, 2.24) is 10.2 Å². The lowest BCUT2D eigenvalue weighted by Gasteiger charge is -2.14. The van der Waals surface area contributed by atoms with Crippen molar-refractivity contribution >= 4 is 5.97 Å². The van der Waals surface area contributed by atoms with E-state index in [-0.39, 0.29) is 24.1 Å². The monoisotopic (exact) mass is 330 g/mol. The lowest BCUT2D eigenvalue weighted by atomic mass is 9.92. The molecule has 1 atom stereocenters. The Balaban J connectivity index is 1.80. The van der Waals surface area contributed by atoms with Gasteiger partial charge in [0.15, 0.2) is 0 Å². The van der Waals surface area contributed by atoms with Crippen LogP contribution < -0.4 is 0 Å². The number of nitrogens with one attached hydrogen (secondary N) is 1. The van der Waals surface area contributed by atoms with Crippen molar-refractivity contribution in [2.45, 2.75) is 51.9 Å². The van der Waals surface area contributed by atoms with Crippen molar-refractivity contribution in [3.63, 3.8) is 0 Å². The van der Waals surface area contributed by atoms with Gasteiger partial charge in [0, 0.05) is 18.0 Å². The van der Waals surface area contributed by atoms with Crippen molar-refractivity contribution in [2.24, 2.45) is 0 Å². The first kappa shape index (κ1) is 16.7. The fourth-order valence-corrected chi connectivity index (χ4v) is 3.45. The highest BCUT2D eigenvalue weighted by molar-refractivity contribution is 5.69. The third kappa shape index (κ3) is 3.21. The lowest BCUT2D eigenvalue weighted by molar-refractivity contribution is -0.143. The fourth-order valence-electron chi connectivity index (χ4n) is 3.45. The van der Waals surface area contributed by atoms with Gasteiger partial charge in [-0.15, -0.1) is 0 Å². The molecule has 0 saturated heterocycles. The smallest absolute Gasteiger partial charge is 0.306 e. The highest BCUT2D eigenvalue weighted by Crippen LogP contribution is 2.33. The Morgan fingerprint density at radius 3 is 3.04 bits per heavy atom. The largest absolute Gasteiger partial charge is 0.466 e. The van der Waals surface area contributed by atoms with Crippen LogP contribution in [0.2, 0.25) is 0 Å². The molecule has 0 aliphatic heterocycles. The number of carbonyl (C=O) groups is 1. The summed E-state index contributed by atoms with van der Waals surface area (Å²) in [5.41, 5.74) is 4.58. The number of nitrogens with zero attached hydrogens (tertiary/aromatic N) is 1. The summed E-state index contributed by atoms with van der Waals surface area (Å²) in [6, 6.07) is 5.39. The van der Waals surface area contributed by atoms with Gasteiger partial charge in [-0.25, -0.2) is 4.39 Å². The van der Waals surface area contributed by atoms with E-state index < -0.39 is 0 Å². The number of halogens is 1. The summed E-state index contributed by atoms with van der Waals surface area (Å²) in [7, 11) is 0. The lowest BCUT2D eigenvalue weighted by Crippen LogP contribution is -2.08. The van der Waals surface area contributed by atoms with Crippen molar-refractivity contribution in [3.05, 3.63) is 52.1 Å². The highest BCUT2D eigenvalue weighted by Gasteiger charge is 2.25. The number of benzene rings is 1. The number of aromatic amines is 1. The summed E-state index contributed by atoms with van der Waals surface area (Å²) in [6.07, 6.45) is 3.71. The van der Waals surface area contributed by atoms with E-state index in [9.17, 15) is 9.18 Å². The first-order chi connectivity index (χ1) is 11.6. The minimum Gasteiger partial charge on any atom is -0.466 e. The number of ether oxygens (including phenoxy) is 1. The zero-order chi connectivity index (χ0) is 17.1. The van der Waals surface area contributed by atoms with Gasteiger partial charge >= 0.3 is 5.97 Å². The molecule has 1 aliphatic rings. The third-order valence-corrected chi connectivity index (χ3v) is 4.73. The molecular weight excluding hydrogens is 307 g/mol. The van der Waals surface area contributed by atoms with Gasteiger partial charge in [-0.2, -0.15) is 5.10 Å². The van der Waals surface area contributed by atoms with Crippen molar-refractivity contribution in [3.8, 4) is 0 Å². The Kier molecular flexibility index (Phi) is 4.97. The Bertz CT molecular complexity index is 739. The van der Waals surface area contributed by atoms with Gasteiger partial charge in [-0.3, -0.25) is 9.89 Å². The predicted octanol–water partition coefficient (Wildman–Crippen LogP) is 3.69. The van der Waals surface area contributed by atoms with Crippen LogP contribution in [0.15, 0.2) is 18.2 Å². The molecule has 0 amide bonds. The third-order valence-electron chi connectivity index (χ3n) is 4.73. The van der Waals surface area contributed by atoms with Crippen LogP contribution in [-0.2, 0) is 28.8 Å². The summed E-state index contributed by atoms with van der Waals surface area (Å²) in [5, 5.41) is 7.51. The van der Waals surface area contributed by atoms with Gasteiger partial charge in [-0.05, 0) is 49.3 Å². The van der Waals surface area contributed by atoms with Gasteiger partial charge in [0.1, 0.15) is 5.82 Å². The number of rotatable bonds is 6. The number of carbonyl (C=O) groups excluding carboxylic acids is 1. The van der Waals surface area contributed by atoms with Gasteiger partial charge in [0.25, 0.3) is 0 Å². The van der Waals surface area contributed by atoms with Crippen LogP contribution in [-0.4, -0.2) is 22.8 Å². The second-order valence-corrected chi connectivity index (χ2v) is 6.27. The van der Waals surface area contributed by atoms with Crippen LogP contribution in [0.3, 0.4) is 0 Å². The molecule has 1 N–H and O–H groups in total. The van der Waals surface area contributed by atoms with Crippen LogP contribution in [0.5, 0.6) is 0 Å². The van der Waals surface area contributed by atoms with E-state index in [1.54, 1.807) is 13.0 Å². The average Bonchev–Trinajstić information content (AvgIpc) is 3.17. The fraction of sp³-hybridized carbons (Fsp3) is 0.474. The quantitative estimate of drug-likeness (QED) is 0.822. The van der Waals surface area contributed by atoms with E-state index in [1.807, 2.05) is 19.1 Å².